The van der Waals surface area contributed by atoms with Crippen molar-refractivity contribution in [1.82, 2.24) is 20.4 Å². The Morgan fingerprint density at radius 3 is 2.63 bits per heavy atom. The summed E-state index contributed by atoms with van der Waals surface area (Å²) in [5.41, 5.74) is -0.118. The molecule has 27 heavy (non-hydrogen) atoms. The Labute approximate surface area is 157 Å². The molecule has 0 aliphatic carbocycles. The van der Waals surface area contributed by atoms with Crippen molar-refractivity contribution in [2.24, 2.45) is 5.92 Å². The molecular weight excluding hydrogens is 346 g/mol. The van der Waals surface area contributed by atoms with E-state index >= 15 is 0 Å². The molecule has 0 radical (unpaired) electrons. The number of nitrogens with zero attached hydrogens (tertiary/aromatic N) is 4. The monoisotopic (exact) mass is 367 g/mol. The van der Waals surface area contributed by atoms with E-state index in [1.807, 2.05) is 6.07 Å². The third-order valence-corrected chi connectivity index (χ3v) is 4.62. The lowest BCUT2D eigenvalue weighted by atomic mass is 9.91. The highest BCUT2D eigenvalue weighted by molar-refractivity contribution is 6.07. The van der Waals surface area contributed by atoms with Crippen LogP contribution in [0.1, 0.15) is 50.0 Å². The molecule has 1 atom stereocenters. The number of nitrogens with one attached hydrogen (secondary N) is 1. The highest BCUT2D eigenvalue weighted by Gasteiger charge is 2.49. The molecule has 8 heteroatoms. The second-order valence-corrected chi connectivity index (χ2v) is 7.17. The molecule has 3 rings (SSSR count). The fourth-order valence-corrected chi connectivity index (χ4v) is 2.92. The summed E-state index contributed by atoms with van der Waals surface area (Å²) in [6.07, 6.45) is 1.61. The zero-order chi connectivity index (χ0) is 19.6. The van der Waals surface area contributed by atoms with E-state index in [0.29, 0.717) is 29.3 Å². The standard InChI is InChI=1S/C19H21N5O3/c1-12(2)4-9-15-21-16(27-23-15)11-24-17(25)19(3,22-18(24)26)14-7-5-13(10-20)6-8-14/h5-8,12H,4,9,11H2,1-3H3,(H,22,26). The Balaban J connectivity index is 1.75. The summed E-state index contributed by atoms with van der Waals surface area (Å²) < 4.78 is 5.19. The summed E-state index contributed by atoms with van der Waals surface area (Å²) in [6.45, 7) is 5.78. The Bertz CT molecular complexity index is 897. The lowest BCUT2D eigenvalue weighted by molar-refractivity contribution is -0.131. The van der Waals surface area contributed by atoms with Crippen LogP contribution in [-0.4, -0.2) is 27.0 Å². The summed E-state index contributed by atoms with van der Waals surface area (Å²) in [7, 11) is 0. The van der Waals surface area contributed by atoms with Crippen LogP contribution in [0.3, 0.4) is 0 Å². The molecule has 8 nitrogen and oxygen atoms in total. The molecule has 1 aliphatic heterocycles. The summed E-state index contributed by atoms with van der Waals surface area (Å²) in [5, 5.41) is 15.5. The molecular formula is C19H21N5O3. The van der Waals surface area contributed by atoms with Crippen molar-refractivity contribution >= 4 is 11.9 Å². The summed E-state index contributed by atoms with van der Waals surface area (Å²) >= 11 is 0. The average molecular weight is 367 g/mol. The number of urea groups is 1. The van der Waals surface area contributed by atoms with E-state index < -0.39 is 17.5 Å². The number of benzene rings is 1. The topological polar surface area (TPSA) is 112 Å². The highest BCUT2D eigenvalue weighted by atomic mass is 16.5. The van der Waals surface area contributed by atoms with E-state index in [4.69, 9.17) is 9.78 Å². The van der Waals surface area contributed by atoms with Crippen LogP contribution in [0, 0.1) is 17.2 Å². The van der Waals surface area contributed by atoms with E-state index in [9.17, 15) is 9.59 Å². The van der Waals surface area contributed by atoms with Gasteiger partial charge < -0.3 is 9.84 Å². The Morgan fingerprint density at radius 1 is 1.30 bits per heavy atom. The number of nitriles is 1. The summed E-state index contributed by atoms with van der Waals surface area (Å²) in [5.74, 6) is 0.909. The minimum absolute atomic E-state index is 0.0782. The lowest BCUT2D eigenvalue weighted by Crippen LogP contribution is -2.40. The van der Waals surface area contributed by atoms with Gasteiger partial charge in [0, 0.05) is 6.42 Å². The van der Waals surface area contributed by atoms with Gasteiger partial charge in [-0.1, -0.05) is 31.1 Å². The molecule has 0 bridgehead atoms. The second kappa shape index (κ2) is 7.19. The van der Waals surface area contributed by atoms with E-state index in [0.717, 1.165) is 11.3 Å². The fourth-order valence-electron chi connectivity index (χ4n) is 2.92. The van der Waals surface area contributed by atoms with E-state index in [-0.39, 0.29) is 12.4 Å². The van der Waals surface area contributed by atoms with E-state index in [1.54, 1.807) is 31.2 Å². The first-order valence-electron chi connectivity index (χ1n) is 8.79. The number of hydrogen-bond acceptors (Lipinski definition) is 6. The zero-order valence-corrected chi connectivity index (χ0v) is 15.5. The molecule has 0 spiro atoms. The molecule has 1 unspecified atom stereocenters. The van der Waals surface area contributed by atoms with Crippen molar-refractivity contribution in [3.63, 3.8) is 0 Å². The quantitative estimate of drug-likeness (QED) is 0.785. The first kappa shape index (κ1) is 18.6. The van der Waals surface area contributed by atoms with Crippen molar-refractivity contribution in [2.75, 3.05) is 0 Å². The van der Waals surface area contributed by atoms with Gasteiger partial charge in [0.15, 0.2) is 5.82 Å². The maximum absolute atomic E-state index is 12.9. The number of rotatable bonds is 6. The van der Waals surface area contributed by atoms with Crippen LogP contribution >= 0.6 is 0 Å². The van der Waals surface area contributed by atoms with Crippen molar-refractivity contribution < 1.29 is 14.1 Å². The zero-order valence-electron chi connectivity index (χ0n) is 15.5. The van der Waals surface area contributed by atoms with Crippen LogP contribution in [0.4, 0.5) is 4.79 Å². The molecule has 2 aromatic rings. The maximum atomic E-state index is 12.9. The van der Waals surface area contributed by atoms with Gasteiger partial charge in [0.2, 0.25) is 5.89 Å². The van der Waals surface area contributed by atoms with Gasteiger partial charge in [-0.2, -0.15) is 10.2 Å². The fraction of sp³-hybridized carbons (Fsp3) is 0.421. The van der Waals surface area contributed by atoms with Gasteiger partial charge in [0.25, 0.3) is 5.91 Å². The van der Waals surface area contributed by atoms with Crippen molar-refractivity contribution in [3.05, 3.63) is 47.1 Å². The van der Waals surface area contributed by atoms with Gasteiger partial charge in [0.05, 0.1) is 11.6 Å². The van der Waals surface area contributed by atoms with E-state index in [2.05, 4.69) is 29.3 Å². The van der Waals surface area contributed by atoms with Crippen LogP contribution < -0.4 is 5.32 Å². The van der Waals surface area contributed by atoms with Gasteiger partial charge in [-0.3, -0.25) is 9.69 Å². The van der Waals surface area contributed by atoms with Crippen molar-refractivity contribution in [2.45, 2.75) is 45.7 Å². The van der Waals surface area contributed by atoms with Crippen LogP contribution in [0.25, 0.3) is 0 Å². The van der Waals surface area contributed by atoms with Crippen molar-refractivity contribution in [1.29, 1.82) is 5.26 Å². The molecule has 1 aromatic heterocycles. The molecule has 1 aliphatic rings. The SMILES string of the molecule is CC(C)CCc1noc(CN2C(=O)NC(C)(c3ccc(C#N)cc3)C2=O)n1. The third-order valence-electron chi connectivity index (χ3n) is 4.62. The molecule has 3 amide bonds. The van der Waals surface area contributed by atoms with Gasteiger partial charge in [-0.15, -0.1) is 0 Å². The van der Waals surface area contributed by atoms with E-state index in [1.165, 1.54) is 0 Å². The van der Waals surface area contributed by atoms with Crippen LogP contribution in [0.15, 0.2) is 28.8 Å². The minimum Gasteiger partial charge on any atom is -0.337 e. The molecule has 1 aromatic carbocycles. The smallest absolute Gasteiger partial charge is 0.325 e. The second-order valence-electron chi connectivity index (χ2n) is 7.17. The largest absolute Gasteiger partial charge is 0.337 e. The molecule has 2 heterocycles. The molecule has 1 fully saturated rings. The van der Waals surface area contributed by atoms with Crippen molar-refractivity contribution in [3.8, 4) is 6.07 Å². The minimum atomic E-state index is -1.20. The Kier molecular flexibility index (Phi) is 4.95. The highest BCUT2D eigenvalue weighted by Crippen LogP contribution is 2.29. The number of aryl methyl sites for hydroxylation is 1. The van der Waals surface area contributed by atoms with Crippen LogP contribution in [-0.2, 0) is 23.3 Å². The Morgan fingerprint density at radius 2 is 2.00 bits per heavy atom. The van der Waals surface area contributed by atoms with Gasteiger partial charge >= 0.3 is 6.03 Å². The molecule has 0 saturated carbocycles. The lowest BCUT2D eigenvalue weighted by Gasteiger charge is -2.22. The number of carbonyl (C=O) groups is 2. The summed E-state index contributed by atoms with van der Waals surface area (Å²) in [4.78, 5) is 30.6. The predicted octanol–water partition coefficient (Wildman–Crippen LogP) is 2.50. The predicted molar refractivity (Wildman–Crippen MR) is 95.0 cm³/mol. The first-order valence-corrected chi connectivity index (χ1v) is 8.79. The third kappa shape index (κ3) is 3.67. The Hall–Kier alpha value is -3.21. The molecule has 1 N–H and O–H groups in total. The summed E-state index contributed by atoms with van der Waals surface area (Å²) in [6, 6.07) is 8.06. The number of carbonyl (C=O) groups excluding carboxylic acids is 2. The molecule has 140 valence electrons. The number of imide groups is 1. The van der Waals surface area contributed by atoms with Gasteiger partial charge in [0.1, 0.15) is 12.1 Å². The van der Waals surface area contributed by atoms with Gasteiger partial charge in [-0.25, -0.2) is 4.79 Å². The number of amides is 3. The average Bonchev–Trinajstić information content (AvgIpc) is 3.19. The first-order chi connectivity index (χ1) is 12.8. The van der Waals surface area contributed by atoms with Crippen LogP contribution in [0.2, 0.25) is 0 Å². The number of aromatic nitrogens is 2. The van der Waals surface area contributed by atoms with Crippen LogP contribution in [0.5, 0.6) is 0 Å². The molecule has 1 saturated heterocycles. The maximum Gasteiger partial charge on any atom is 0.325 e. The number of hydrogen-bond donors (Lipinski definition) is 1. The normalized spacial score (nSPS) is 19.4. The van der Waals surface area contributed by atoms with Gasteiger partial charge in [-0.05, 0) is 37.0 Å².